The minimum atomic E-state index is -0.389. The Kier molecular flexibility index (Phi) is 6.18. The molecule has 1 atom stereocenters. The zero-order valence-electron chi connectivity index (χ0n) is 18.9. The Labute approximate surface area is 202 Å². The van der Waals surface area contributed by atoms with Crippen LogP contribution in [0.2, 0.25) is 0 Å². The Morgan fingerprint density at radius 1 is 0.886 bits per heavy atom. The molecule has 0 aromatic heterocycles. The number of rotatable bonds is 3. The Bertz CT molecular complexity index is 1260. The fraction of sp³-hybridized carbons (Fsp3) is 0.222. The summed E-state index contributed by atoms with van der Waals surface area (Å²) in [5.74, 6) is -0.897. The summed E-state index contributed by atoms with van der Waals surface area (Å²) < 4.78 is 18.7. The van der Waals surface area contributed by atoms with E-state index in [0.29, 0.717) is 49.4 Å². The number of carbonyl (C=O) groups excluding carboxylic acids is 3. The molecule has 5 rings (SSSR count). The van der Waals surface area contributed by atoms with Gasteiger partial charge in [0.2, 0.25) is 0 Å². The highest BCUT2D eigenvalue weighted by atomic mass is 19.1. The van der Waals surface area contributed by atoms with Crippen molar-refractivity contribution in [3.63, 3.8) is 0 Å². The summed E-state index contributed by atoms with van der Waals surface area (Å²) in [6, 6.07) is 19.9. The number of fused-ring (bicyclic) bond motifs is 1. The second kappa shape index (κ2) is 9.58. The molecular weight excluding hydrogens is 449 g/mol. The maximum atomic E-state index is 13.2. The summed E-state index contributed by atoms with van der Waals surface area (Å²) in [5.41, 5.74) is 3.21. The molecule has 2 aliphatic rings. The van der Waals surface area contributed by atoms with E-state index in [1.54, 1.807) is 28.0 Å². The molecular formula is C27H24FN3O4. The topological polar surface area (TPSA) is 79.0 Å². The van der Waals surface area contributed by atoms with E-state index in [1.165, 1.54) is 24.3 Å². The zero-order valence-corrected chi connectivity index (χ0v) is 18.9. The van der Waals surface area contributed by atoms with Gasteiger partial charge in [0.05, 0.1) is 5.56 Å². The number of urea groups is 1. The van der Waals surface area contributed by atoms with E-state index in [4.69, 9.17) is 4.74 Å². The van der Waals surface area contributed by atoms with E-state index in [2.05, 4.69) is 5.32 Å². The van der Waals surface area contributed by atoms with E-state index in [1.807, 2.05) is 30.3 Å². The lowest BCUT2D eigenvalue weighted by Crippen LogP contribution is -2.51. The lowest BCUT2D eigenvalue weighted by molar-refractivity contribution is 0.0252. The number of halogens is 1. The fourth-order valence-electron chi connectivity index (χ4n) is 4.41. The maximum absolute atomic E-state index is 13.2. The first-order valence-corrected chi connectivity index (χ1v) is 11.5. The van der Waals surface area contributed by atoms with Crippen molar-refractivity contribution in [1.29, 1.82) is 0 Å². The fourth-order valence-corrected chi connectivity index (χ4v) is 4.41. The van der Waals surface area contributed by atoms with Crippen LogP contribution in [0, 0.1) is 5.82 Å². The number of carbonyl (C=O) groups is 3. The highest BCUT2D eigenvalue weighted by Gasteiger charge is 2.30. The van der Waals surface area contributed by atoms with Crippen LogP contribution in [0.4, 0.5) is 14.9 Å². The van der Waals surface area contributed by atoms with Crippen LogP contribution in [0.3, 0.4) is 0 Å². The summed E-state index contributed by atoms with van der Waals surface area (Å²) in [5, 5.41) is 2.74. The van der Waals surface area contributed by atoms with Gasteiger partial charge in [0.25, 0.3) is 5.91 Å². The minimum absolute atomic E-state index is 0.137. The second-order valence-corrected chi connectivity index (χ2v) is 8.60. The first-order chi connectivity index (χ1) is 17.0. The molecule has 2 aliphatic heterocycles. The van der Waals surface area contributed by atoms with Crippen LogP contribution in [0.5, 0.6) is 0 Å². The third-order valence-corrected chi connectivity index (χ3v) is 6.35. The number of hydrogen-bond donors (Lipinski definition) is 1. The molecule has 0 spiro atoms. The molecule has 3 amide bonds. The van der Waals surface area contributed by atoms with Crippen molar-refractivity contribution in [2.24, 2.45) is 0 Å². The number of piperazine rings is 1. The van der Waals surface area contributed by atoms with E-state index >= 15 is 0 Å². The predicted molar refractivity (Wildman–Crippen MR) is 128 cm³/mol. The molecule has 0 aliphatic carbocycles. The van der Waals surface area contributed by atoms with Crippen LogP contribution >= 0.6 is 0 Å². The molecule has 1 saturated heterocycles. The highest BCUT2D eigenvalue weighted by molar-refractivity contribution is 5.98. The normalized spacial score (nSPS) is 17.4. The number of hydrogen-bond acceptors (Lipinski definition) is 4. The monoisotopic (exact) mass is 473 g/mol. The molecule has 1 fully saturated rings. The number of nitrogens with one attached hydrogen (secondary N) is 1. The third-order valence-electron chi connectivity index (χ3n) is 6.35. The molecule has 178 valence electrons. The van der Waals surface area contributed by atoms with Crippen LogP contribution in [0.1, 0.15) is 37.9 Å². The molecule has 0 radical (unpaired) electrons. The molecule has 35 heavy (non-hydrogen) atoms. The molecule has 1 unspecified atom stereocenters. The van der Waals surface area contributed by atoms with Crippen molar-refractivity contribution >= 4 is 23.6 Å². The van der Waals surface area contributed by atoms with Gasteiger partial charge in [-0.3, -0.25) is 4.79 Å². The predicted octanol–water partition coefficient (Wildman–Crippen LogP) is 4.27. The number of nitrogens with zero attached hydrogens (tertiary/aromatic N) is 2. The highest BCUT2D eigenvalue weighted by Crippen LogP contribution is 2.31. The van der Waals surface area contributed by atoms with Crippen LogP contribution in [-0.4, -0.2) is 53.9 Å². The summed E-state index contributed by atoms with van der Waals surface area (Å²) in [7, 11) is 0. The van der Waals surface area contributed by atoms with E-state index in [-0.39, 0.29) is 29.8 Å². The SMILES string of the molecule is O=C1OC(c2ccccc2)Cc2cc(C(=O)N3CCN(C(=O)Nc4ccc(F)cc4)CC3)ccc21. The molecule has 3 aromatic rings. The van der Waals surface area contributed by atoms with Crippen molar-refractivity contribution in [1.82, 2.24) is 9.80 Å². The Hall–Kier alpha value is -4.20. The lowest BCUT2D eigenvalue weighted by Gasteiger charge is -2.35. The number of ether oxygens (including phenoxy) is 1. The van der Waals surface area contributed by atoms with Gasteiger partial charge in [0.15, 0.2) is 0 Å². The van der Waals surface area contributed by atoms with Crippen molar-refractivity contribution in [3.05, 3.63) is 101 Å². The van der Waals surface area contributed by atoms with Crippen LogP contribution in [0.15, 0.2) is 72.8 Å². The van der Waals surface area contributed by atoms with Gasteiger partial charge in [0.1, 0.15) is 11.9 Å². The Morgan fingerprint density at radius 2 is 1.57 bits per heavy atom. The second-order valence-electron chi connectivity index (χ2n) is 8.60. The first-order valence-electron chi connectivity index (χ1n) is 11.5. The van der Waals surface area contributed by atoms with E-state index in [9.17, 15) is 18.8 Å². The maximum Gasteiger partial charge on any atom is 0.339 e. The largest absolute Gasteiger partial charge is 0.454 e. The van der Waals surface area contributed by atoms with E-state index < -0.39 is 0 Å². The van der Waals surface area contributed by atoms with E-state index in [0.717, 1.165) is 11.1 Å². The van der Waals surface area contributed by atoms with Gasteiger partial charge in [-0.2, -0.15) is 0 Å². The molecule has 2 heterocycles. The number of benzene rings is 3. The Morgan fingerprint density at radius 3 is 2.29 bits per heavy atom. The van der Waals surface area contributed by atoms with Crippen LogP contribution in [-0.2, 0) is 11.2 Å². The zero-order chi connectivity index (χ0) is 24.4. The smallest absolute Gasteiger partial charge is 0.339 e. The number of amides is 3. The molecule has 8 heteroatoms. The van der Waals surface area contributed by atoms with Crippen LogP contribution in [0.25, 0.3) is 0 Å². The Balaban J connectivity index is 1.22. The molecule has 0 bridgehead atoms. The van der Waals surface area contributed by atoms with Crippen molar-refractivity contribution in [2.75, 3.05) is 31.5 Å². The molecule has 7 nitrogen and oxygen atoms in total. The van der Waals surface area contributed by atoms with Gasteiger partial charge in [-0.05, 0) is 53.6 Å². The lowest BCUT2D eigenvalue weighted by atomic mass is 9.93. The quantitative estimate of drug-likeness (QED) is 0.577. The third kappa shape index (κ3) is 4.87. The minimum Gasteiger partial charge on any atom is -0.454 e. The van der Waals surface area contributed by atoms with Gasteiger partial charge >= 0.3 is 12.0 Å². The first kappa shape index (κ1) is 22.6. The van der Waals surface area contributed by atoms with Gasteiger partial charge in [-0.25, -0.2) is 14.0 Å². The van der Waals surface area contributed by atoms with Crippen LogP contribution < -0.4 is 5.32 Å². The average Bonchev–Trinajstić information content (AvgIpc) is 2.90. The summed E-state index contributed by atoms with van der Waals surface area (Å²) >= 11 is 0. The summed E-state index contributed by atoms with van der Waals surface area (Å²) in [6.07, 6.45) is 0.119. The average molecular weight is 474 g/mol. The van der Waals surface area contributed by atoms with Gasteiger partial charge in [-0.1, -0.05) is 30.3 Å². The van der Waals surface area contributed by atoms with Gasteiger partial charge in [0, 0.05) is 43.9 Å². The standard InChI is InChI=1S/C27H24FN3O4/c28-21-7-9-22(10-8-21)29-27(34)31-14-12-30(13-15-31)25(32)19-6-11-23-20(16-19)17-24(35-26(23)33)18-4-2-1-3-5-18/h1-11,16,24H,12-15,17H2,(H,29,34). The van der Waals surface area contributed by atoms with Crippen molar-refractivity contribution in [2.45, 2.75) is 12.5 Å². The summed E-state index contributed by atoms with van der Waals surface area (Å²) in [6.45, 7) is 1.54. The summed E-state index contributed by atoms with van der Waals surface area (Å²) in [4.78, 5) is 41.5. The van der Waals surface area contributed by atoms with Gasteiger partial charge in [-0.15, -0.1) is 0 Å². The van der Waals surface area contributed by atoms with Gasteiger partial charge < -0.3 is 19.9 Å². The molecule has 3 aromatic carbocycles. The van der Waals surface area contributed by atoms with Crippen molar-refractivity contribution < 1.29 is 23.5 Å². The molecule has 0 saturated carbocycles. The number of cyclic esters (lactones) is 1. The number of esters is 1. The van der Waals surface area contributed by atoms with Crippen molar-refractivity contribution in [3.8, 4) is 0 Å². The molecule has 1 N–H and O–H groups in total. The number of anilines is 1.